The molecule has 3 N–H and O–H groups in total. The normalized spacial score (nSPS) is 10.8. The fourth-order valence-electron chi connectivity index (χ4n) is 2.25. The van der Waals surface area contributed by atoms with E-state index in [4.69, 9.17) is 5.73 Å². The Morgan fingerprint density at radius 1 is 1.33 bits per heavy atom. The number of aromatic nitrogens is 2. The molecule has 0 aliphatic carbocycles. The zero-order valence-corrected chi connectivity index (χ0v) is 12.5. The van der Waals surface area contributed by atoms with Gasteiger partial charge in [0.05, 0.1) is 5.69 Å². The van der Waals surface area contributed by atoms with E-state index in [1.807, 2.05) is 26.0 Å². The topological polar surface area (TPSA) is 80.9 Å². The summed E-state index contributed by atoms with van der Waals surface area (Å²) >= 11 is 1.30. The monoisotopic (exact) mass is 298 g/mol. The van der Waals surface area contributed by atoms with Crippen molar-refractivity contribution in [2.45, 2.75) is 13.8 Å². The summed E-state index contributed by atoms with van der Waals surface area (Å²) in [6.45, 7) is 3.90. The smallest absolute Gasteiger partial charge is 0.269 e. The molecule has 0 atom stereocenters. The maximum atomic E-state index is 12.4. The summed E-state index contributed by atoms with van der Waals surface area (Å²) in [5.41, 5.74) is 8.56. The molecular weight excluding hydrogens is 284 g/mol. The molecule has 0 spiro atoms. The third kappa shape index (κ3) is 2.45. The molecule has 5 nitrogen and oxygen atoms in total. The third-order valence-corrected chi connectivity index (χ3v) is 4.24. The zero-order valence-electron chi connectivity index (χ0n) is 11.7. The third-order valence-electron chi connectivity index (χ3n) is 3.14. The van der Waals surface area contributed by atoms with Gasteiger partial charge >= 0.3 is 0 Å². The predicted molar refractivity (Wildman–Crippen MR) is 85.7 cm³/mol. The van der Waals surface area contributed by atoms with Gasteiger partial charge in [0.25, 0.3) is 5.91 Å². The minimum atomic E-state index is -0.258. The van der Waals surface area contributed by atoms with Crippen LogP contribution in [0.15, 0.2) is 30.5 Å². The molecule has 0 aromatic carbocycles. The number of hydrogen-bond donors (Lipinski definition) is 2. The number of thiophene rings is 1. The average molecular weight is 298 g/mol. The van der Waals surface area contributed by atoms with E-state index in [-0.39, 0.29) is 5.91 Å². The van der Waals surface area contributed by atoms with Gasteiger partial charge in [-0.2, -0.15) is 0 Å². The molecule has 0 aliphatic heterocycles. The minimum absolute atomic E-state index is 0.258. The van der Waals surface area contributed by atoms with Gasteiger partial charge in [0.2, 0.25) is 0 Å². The Morgan fingerprint density at radius 2 is 2.14 bits per heavy atom. The number of anilines is 2. The molecule has 6 heteroatoms. The van der Waals surface area contributed by atoms with E-state index in [9.17, 15) is 4.79 Å². The molecule has 0 unspecified atom stereocenters. The molecule has 3 rings (SSSR count). The molecule has 1 amide bonds. The quantitative estimate of drug-likeness (QED) is 0.761. The lowest BCUT2D eigenvalue weighted by Gasteiger charge is -2.03. The van der Waals surface area contributed by atoms with Gasteiger partial charge in [-0.25, -0.2) is 9.97 Å². The number of nitrogens with two attached hydrogens (primary N) is 1. The highest BCUT2D eigenvalue weighted by atomic mass is 32.1. The molecule has 0 radical (unpaired) electrons. The van der Waals surface area contributed by atoms with E-state index in [1.54, 1.807) is 18.3 Å². The van der Waals surface area contributed by atoms with Gasteiger partial charge in [0.1, 0.15) is 15.5 Å². The highest BCUT2D eigenvalue weighted by Gasteiger charge is 2.19. The van der Waals surface area contributed by atoms with Crippen molar-refractivity contribution in [3.8, 4) is 0 Å². The summed E-state index contributed by atoms with van der Waals surface area (Å²) in [7, 11) is 0. The van der Waals surface area contributed by atoms with Crippen LogP contribution in [-0.2, 0) is 0 Å². The van der Waals surface area contributed by atoms with Gasteiger partial charge in [0.15, 0.2) is 0 Å². The SMILES string of the molecule is Cc1cc(C)c2c(N)c(C(=O)Nc3ccccn3)sc2n1. The number of hydrogen-bond acceptors (Lipinski definition) is 5. The van der Waals surface area contributed by atoms with Crippen LogP contribution >= 0.6 is 11.3 Å². The number of fused-ring (bicyclic) bond motifs is 1. The molecule has 3 heterocycles. The maximum Gasteiger partial charge on any atom is 0.269 e. The number of carbonyl (C=O) groups excluding carboxylic acids is 1. The number of nitrogens with one attached hydrogen (secondary N) is 1. The summed E-state index contributed by atoms with van der Waals surface area (Å²) in [6.07, 6.45) is 1.62. The lowest BCUT2D eigenvalue weighted by molar-refractivity contribution is 0.103. The van der Waals surface area contributed by atoms with Crippen LogP contribution in [0.3, 0.4) is 0 Å². The maximum absolute atomic E-state index is 12.4. The van der Waals surface area contributed by atoms with Gasteiger partial charge < -0.3 is 11.1 Å². The van der Waals surface area contributed by atoms with Crippen LogP contribution < -0.4 is 11.1 Å². The highest BCUT2D eigenvalue weighted by Crippen LogP contribution is 2.35. The zero-order chi connectivity index (χ0) is 15.0. The second kappa shape index (κ2) is 5.14. The first-order valence-corrected chi connectivity index (χ1v) is 7.26. The number of carbonyl (C=O) groups is 1. The van der Waals surface area contributed by atoms with Gasteiger partial charge in [-0.3, -0.25) is 4.79 Å². The summed E-state index contributed by atoms with van der Waals surface area (Å²) < 4.78 is 0. The lowest BCUT2D eigenvalue weighted by Crippen LogP contribution is -2.12. The molecule has 21 heavy (non-hydrogen) atoms. The first kappa shape index (κ1) is 13.5. The van der Waals surface area contributed by atoms with E-state index in [1.165, 1.54) is 11.3 Å². The second-order valence-electron chi connectivity index (χ2n) is 4.77. The van der Waals surface area contributed by atoms with E-state index in [0.29, 0.717) is 16.4 Å². The number of aryl methyl sites for hydroxylation is 2. The molecule has 0 bridgehead atoms. The van der Waals surface area contributed by atoms with Crippen LogP contribution in [0.25, 0.3) is 10.2 Å². The summed E-state index contributed by atoms with van der Waals surface area (Å²) in [6, 6.07) is 7.30. The number of nitrogens with zero attached hydrogens (tertiary/aromatic N) is 2. The largest absolute Gasteiger partial charge is 0.397 e. The number of rotatable bonds is 2. The van der Waals surface area contributed by atoms with Crippen molar-refractivity contribution in [1.82, 2.24) is 9.97 Å². The Labute approximate surface area is 125 Å². The van der Waals surface area contributed by atoms with E-state index >= 15 is 0 Å². The highest BCUT2D eigenvalue weighted by molar-refractivity contribution is 7.21. The first-order valence-electron chi connectivity index (χ1n) is 6.45. The van der Waals surface area contributed by atoms with Gasteiger partial charge in [-0.1, -0.05) is 6.07 Å². The van der Waals surface area contributed by atoms with Crippen LogP contribution in [-0.4, -0.2) is 15.9 Å². The molecule has 106 valence electrons. The van der Waals surface area contributed by atoms with Crippen molar-refractivity contribution in [2.24, 2.45) is 0 Å². The van der Waals surface area contributed by atoms with Gasteiger partial charge in [-0.15, -0.1) is 11.3 Å². The minimum Gasteiger partial charge on any atom is -0.397 e. The van der Waals surface area contributed by atoms with Crippen molar-refractivity contribution < 1.29 is 4.79 Å². The summed E-state index contributed by atoms with van der Waals surface area (Å²) in [5.74, 6) is 0.242. The first-order chi connectivity index (χ1) is 10.1. The molecule has 0 fully saturated rings. The molecule has 0 saturated carbocycles. The van der Waals surface area contributed by atoms with Crippen LogP contribution in [0.1, 0.15) is 20.9 Å². The van der Waals surface area contributed by atoms with Crippen LogP contribution in [0, 0.1) is 13.8 Å². The Kier molecular flexibility index (Phi) is 3.31. The molecular formula is C15H14N4OS. The van der Waals surface area contributed by atoms with Gasteiger partial charge in [-0.05, 0) is 37.6 Å². The van der Waals surface area contributed by atoms with E-state index < -0.39 is 0 Å². The lowest BCUT2D eigenvalue weighted by atomic mass is 10.1. The molecule has 3 aromatic rings. The molecule has 3 aromatic heterocycles. The van der Waals surface area contributed by atoms with Crippen molar-refractivity contribution in [2.75, 3.05) is 11.1 Å². The van der Waals surface area contributed by atoms with Crippen molar-refractivity contribution in [3.63, 3.8) is 0 Å². The summed E-state index contributed by atoms with van der Waals surface area (Å²) in [5, 5.41) is 3.60. The van der Waals surface area contributed by atoms with Crippen LogP contribution in [0.2, 0.25) is 0 Å². The Balaban J connectivity index is 2.03. The summed E-state index contributed by atoms with van der Waals surface area (Å²) in [4.78, 5) is 22.1. The number of nitrogen functional groups attached to an aromatic ring is 1. The second-order valence-corrected chi connectivity index (χ2v) is 5.77. The standard InChI is InChI=1S/C15H14N4OS/c1-8-7-9(2)18-15-11(8)12(16)13(21-15)14(20)19-10-5-3-4-6-17-10/h3-7H,16H2,1-2H3,(H,17,19,20). The van der Waals surface area contributed by atoms with Crippen LogP contribution in [0.4, 0.5) is 11.5 Å². The number of pyridine rings is 2. The molecule has 0 saturated heterocycles. The molecule has 0 aliphatic rings. The Hall–Kier alpha value is -2.47. The van der Waals surface area contributed by atoms with Gasteiger partial charge in [0, 0.05) is 17.3 Å². The Bertz CT molecular complexity index is 827. The number of amides is 1. The van der Waals surface area contributed by atoms with Crippen molar-refractivity contribution in [3.05, 3.63) is 46.6 Å². The van der Waals surface area contributed by atoms with Crippen molar-refractivity contribution >= 4 is 39.0 Å². The van der Waals surface area contributed by atoms with Crippen LogP contribution in [0.5, 0.6) is 0 Å². The predicted octanol–water partition coefficient (Wildman–Crippen LogP) is 3.14. The Morgan fingerprint density at radius 3 is 2.86 bits per heavy atom. The van der Waals surface area contributed by atoms with E-state index in [2.05, 4.69) is 15.3 Å². The van der Waals surface area contributed by atoms with E-state index in [0.717, 1.165) is 21.5 Å². The average Bonchev–Trinajstić information content (AvgIpc) is 2.77. The fourth-order valence-corrected chi connectivity index (χ4v) is 3.36. The van der Waals surface area contributed by atoms with Crippen molar-refractivity contribution in [1.29, 1.82) is 0 Å². The fraction of sp³-hybridized carbons (Fsp3) is 0.133.